The van der Waals surface area contributed by atoms with Crippen LogP contribution in [0, 0.1) is 11.3 Å². The van der Waals surface area contributed by atoms with Gasteiger partial charge in [0.1, 0.15) is 11.8 Å². The molecule has 0 aliphatic rings. The Morgan fingerprint density at radius 3 is 2.90 bits per heavy atom. The molecule has 0 fully saturated rings. The zero-order chi connectivity index (χ0) is 14.4. The third-order valence-electron chi connectivity index (χ3n) is 2.37. The van der Waals surface area contributed by atoms with Crippen LogP contribution in [0.25, 0.3) is 0 Å². The number of aromatic nitrogens is 2. The first-order valence-corrected chi connectivity index (χ1v) is 5.61. The molecule has 2 aromatic heterocycles. The molecule has 0 saturated carbocycles. The second-order valence-electron chi connectivity index (χ2n) is 3.72. The average molecular weight is 266 g/mol. The third-order valence-corrected chi connectivity index (χ3v) is 2.37. The van der Waals surface area contributed by atoms with Gasteiger partial charge in [-0.15, -0.1) is 0 Å². The molecule has 0 radical (unpaired) electrons. The molecular weight excluding hydrogens is 256 g/mol. The van der Waals surface area contributed by atoms with Gasteiger partial charge in [0, 0.05) is 29.7 Å². The Morgan fingerprint density at radius 2 is 2.20 bits per heavy atom. The summed E-state index contributed by atoms with van der Waals surface area (Å²) in [7, 11) is 0. The minimum atomic E-state index is -0.476. The zero-order valence-electron chi connectivity index (χ0n) is 10.3. The van der Waals surface area contributed by atoms with Gasteiger partial charge in [-0.2, -0.15) is 10.4 Å². The van der Waals surface area contributed by atoms with Crippen LogP contribution in [0.15, 0.2) is 48.0 Å². The van der Waals surface area contributed by atoms with Gasteiger partial charge in [0.25, 0.3) is 5.91 Å². The van der Waals surface area contributed by atoms with E-state index in [4.69, 9.17) is 11.0 Å². The van der Waals surface area contributed by atoms with E-state index < -0.39 is 5.91 Å². The predicted octanol–water partition coefficient (Wildman–Crippen LogP) is 0.399. The molecule has 7 nitrogen and oxygen atoms in total. The van der Waals surface area contributed by atoms with Crippen molar-refractivity contribution >= 4 is 11.7 Å². The van der Waals surface area contributed by atoms with Crippen LogP contribution in [-0.2, 0) is 0 Å². The van der Waals surface area contributed by atoms with Crippen molar-refractivity contribution in [3.05, 3.63) is 59.7 Å². The molecule has 98 valence electrons. The van der Waals surface area contributed by atoms with Crippen molar-refractivity contribution in [1.82, 2.24) is 15.4 Å². The van der Waals surface area contributed by atoms with E-state index in [2.05, 4.69) is 20.5 Å². The van der Waals surface area contributed by atoms with Crippen LogP contribution in [0.5, 0.6) is 0 Å². The SMILES string of the molecule is N#Cc1cc(C(=O)NN=C(N)c2cccnc2)ccn1. The monoisotopic (exact) mass is 266 g/mol. The molecule has 3 N–H and O–H groups in total. The summed E-state index contributed by atoms with van der Waals surface area (Å²) in [4.78, 5) is 19.5. The van der Waals surface area contributed by atoms with Crippen LogP contribution in [0.4, 0.5) is 0 Å². The maximum absolute atomic E-state index is 11.8. The van der Waals surface area contributed by atoms with E-state index >= 15 is 0 Å². The summed E-state index contributed by atoms with van der Waals surface area (Å²) in [5, 5.41) is 12.5. The Balaban J connectivity index is 2.10. The second kappa shape index (κ2) is 6.06. The van der Waals surface area contributed by atoms with Crippen LogP contribution >= 0.6 is 0 Å². The van der Waals surface area contributed by atoms with Crippen molar-refractivity contribution in [3.8, 4) is 6.07 Å². The molecule has 0 aromatic carbocycles. The number of hydrazone groups is 1. The first kappa shape index (κ1) is 13.2. The fraction of sp³-hybridized carbons (Fsp3) is 0. The lowest BCUT2D eigenvalue weighted by atomic mass is 10.2. The molecule has 2 rings (SSSR count). The molecule has 7 heteroatoms. The smallest absolute Gasteiger partial charge is 0.271 e. The van der Waals surface area contributed by atoms with Crippen LogP contribution in [-0.4, -0.2) is 21.7 Å². The summed E-state index contributed by atoms with van der Waals surface area (Å²) in [6, 6.07) is 8.13. The van der Waals surface area contributed by atoms with E-state index in [1.54, 1.807) is 18.3 Å². The number of carbonyl (C=O) groups excluding carboxylic acids is 1. The number of hydrogen-bond donors (Lipinski definition) is 2. The molecule has 1 amide bonds. The normalized spacial score (nSPS) is 10.7. The summed E-state index contributed by atoms with van der Waals surface area (Å²) >= 11 is 0. The van der Waals surface area contributed by atoms with Gasteiger partial charge in [-0.25, -0.2) is 10.4 Å². The van der Waals surface area contributed by atoms with Gasteiger partial charge < -0.3 is 5.73 Å². The van der Waals surface area contributed by atoms with Gasteiger partial charge >= 0.3 is 0 Å². The number of amides is 1. The van der Waals surface area contributed by atoms with Gasteiger partial charge in [0.15, 0.2) is 5.84 Å². The number of nitrogens with zero attached hydrogens (tertiary/aromatic N) is 4. The summed E-state index contributed by atoms with van der Waals surface area (Å²) in [6.45, 7) is 0. The molecule has 0 unspecified atom stereocenters. The number of amidine groups is 1. The molecule has 20 heavy (non-hydrogen) atoms. The Labute approximate surface area is 114 Å². The molecule has 0 aliphatic carbocycles. The van der Waals surface area contributed by atoms with Gasteiger partial charge in [0.05, 0.1) is 0 Å². The highest BCUT2D eigenvalue weighted by Gasteiger charge is 2.06. The molecule has 0 saturated heterocycles. The highest BCUT2D eigenvalue weighted by Crippen LogP contribution is 2.01. The van der Waals surface area contributed by atoms with Gasteiger partial charge in [-0.1, -0.05) is 0 Å². The lowest BCUT2D eigenvalue weighted by molar-refractivity contribution is 0.0954. The summed E-state index contributed by atoms with van der Waals surface area (Å²) in [5.41, 5.74) is 9.04. The molecule has 2 aromatic rings. The van der Waals surface area contributed by atoms with Gasteiger partial charge in [0.2, 0.25) is 0 Å². The van der Waals surface area contributed by atoms with Crippen LogP contribution < -0.4 is 11.2 Å². The number of hydrogen-bond acceptors (Lipinski definition) is 5. The Kier molecular flexibility index (Phi) is 3.99. The maximum atomic E-state index is 11.8. The van der Waals surface area contributed by atoms with Crippen LogP contribution in [0.2, 0.25) is 0 Å². The molecule has 0 spiro atoms. The lowest BCUT2D eigenvalue weighted by Gasteiger charge is -2.02. The van der Waals surface area contributed by atoms with E-state index in [0.29, 0.717) is 5.56 Å². The number of nitriles is 1. The number of pyridine rings is 2. The Hall–Kier alpha value is -3.27. The van der Waals surface area contributed by atoms with Gasteiger partial charge in [-0.3, -0.25) is 9.78 Å². The zero-order valence-corrected chi connectivity index (χ0v) is 10.3. The van der Waals surface area contributed by atoms with E-state index in [-0.39, 0.29) is 17.1 Å². The minimum Gasteiger partial charge on any atom is -0.382 e. The van der Waals surface area contributed by atoms with Crippen molar-refractivity contribution in [3.63, 3.8) is 0 Å². The van der Waals surface area contributed by atoms with Crippen molar-refractivity contribution in [2.75, 3.05) is 0 Å². The van der Waals surface area contributed by atoms with E-state index in [0.717, 1.165) is 0 Å². The first-order chi connectivity index (χ1) is 9.70. The highest BCUT2D eigenvalue weighted by atomic mass is 16.2. The van der Waals surface area contributed by atoms with E-state index in [1.807, 2.05) is 6.07 Å². The fourth-order valence-corrected chi connectivity index (χ4v) is 1.39. The third kappa shape index (κ3) is 3.14. The maximum Gasteiger partial charge on any atom is 0.271 e. The molecule has 0 atom stereocenters. The van der Waals surface area contributed by atoms with Crippen molar-refractivity contribution in [2.45, 2.75) is 0 Å². The summed E-state index contributed by atoms with van der Waals surface area (Å²) in [6.07, 6.45) is 4.52. The predicted molar refractivity (Wildman–Crippen MR) is 71.4 cm³/mol. The largest absolute Gasteiger partial charge is 0.382 e. The standard InChI is InChI=1S/C13H10N6O/c14-7-11-6-9(3-5-17-11)13(20)19-18-12(15)10-2-1-4-16-8-10/h1-6,8H,(H2,15,18)(H,19,20). The van der Waals surface area contributed by atoms with E-state index in [9.17, 15) is 4.79 Å². The van der Waals surface area contributed by atoms with Crippen molar-refractivity contribution in [2.24, 2.45) is 10.8 Å². The van der Waals surface area contributed by atoms with Crippen LogP contribution in [0.1, 0.15) is 21.6 Å². The Bertz CT molecular complexity index is 690. The minimum absolute atomic E-state index is 0.140. The molecule has 2 heterocycles. The topological polar surface area (TPSA) is 117 Å². The van der Waals surface area contributed by atoms with E-state index in [1.165, 1.54) is 24.5 Å². The first-order valence-electron chi connectivity index (χ1n) is 5.61. The van der Waals surface area contributed by atoms with Crippen molar-refractivity contribution in [1.29, 1.82) is 5.26 Å². The molecular formula is C13H10N6O. The Morgan fingerprint density at radius 1 is 1.35 bits per heavy atom. The number of rotatable bonds is 3. The van der Waals surface area contributed by atoms with Crippen LogP contribution in [0.3, 0.4) is 0 Å². The lowest BCUT2D eigenvalue weighted by Crippen LogP contribution is -2.24. The second-order valence-corrected chi connectivity index (χ2v) is 3.72. The average Bonchev–Trinajstić information content (AvgIpc) is 2.53. The van der Waals surface area contributed by atoms with Gasteiger partial charge in [-0.05, 0) is 24.3 Å². The number of nitrogens with two attached hydrogens (primary N) is 1. The highest BCUT2D eigenvalue weighted by molar-refractivity contribution is 5.99. The summed E-state index contributed by atoms with van der Waals surface area (Å²) in [5.74, 6) is -0.336. The fourth-order valence-electron chi connectivity index (χ4n) is 1.39. The summed E-state index contributed by atoms with van der Waals surface area (Å²) < 4.78 is 0. The number of carbonyl (C=O) groups is 1. The molecule has 0 aliphatic heterocycles. The van der Waals surface area contributed by atoms with Crippen molar-refractivity contribution < 1.29 is 4.79 Å². The number of nitrogens with one attached hydrogen (secondary N) is 1. The quantitative estimate of drug-likeness (QED) is 0.473. The molecule has 0 bridgehead atoms.